The lowest BCUT2D eigenvalue weighted by molar-refractivity contribution is -0.153. The molecule has 1 amide bonds. The van der Waals surface area contributed by atoms with E-state index in [0.717, 1.165) is 37.9 Å². The number of aliphatic hydroxyl groups excluding tert-OH is 1. The average Bonchev–Trinajstić information content (AvgIpc) is 3.18. The molecular weight excluding hydrogens is 434 g/mol. The number of ether oxygens (including phenoxy) is 1. The quantitative estimate of drug-likeness (QED) is 0.191. The Morgan fingerprint density at radius 2 is 2.03 bits per heavy atom. The fourth-order valence-electron chi connectivity index (χ4n) is 3.90. The Morgan fingerprint density at radius 1 is 1.21 bits per heavy atom. The summed E-state index contributed by atoms with van der Waals surface area (Å²) in [6, 6.07) is 10.8. The first kappa shape index (κ1) is 27.5. The summed E-state index contributed by atoms with van der Waals surface area (Å²) in [7, 11) is 0. The minimum absolute atomic E-state index is 0.210. The van der Waals surface area contributed by atoms with Crippen molar-refractivity contribution in [2.45, 2.75) is 83.3 Å². The molecule has 1 unspecified atom stereocenters. The van der Waals surface area contributed by atoms with E-state index in [0.29, 0.717) is 31.7 Å². The molecule has 1 aromatic carbocycles. The number of nitrogens with zero attached hydrogens (tertiary/aromatic N) is 1. The summed E-state index contributed by atoms with van der Waals surface area (Å²) in [5.74, 6) is 1.19. The van der Waals surface area contributed by atoms with Gasteiger partial charge in [-0.25, -0.2) is 4.79 Å². The normalized spacial score (nSPS) is 17.1. The van der Waals surface area contributed by atoms with Crippen LogP contribution in [0.5, 0.6) is 0 Å². The smallest absolute Gasteiger partial charge is 0.334 e. The van der Waals surface area contributed by atoms with Crippen LogP contribution in [-0.4, -0.2) is 58.7 Å². The van der Waals surface area contributed by atoms with Crippen LogP contribution in [0.3, 0.4) is 0 Å². The lowest BCUT2D eigenvalue weighted by atomic mass is 10.1. The maximum Gasteiger partial charge on any atom is 0.334 e. The van der Waals surface area contributed by atoms with Crippen LogP contribution >= 0.6 is 11.8 Å². The second-order valence-electron chi connectivity index (χ2n) is 8.64. The first-order chi connectivity index (χ1) is 16.1. The molecule has 1 heterocycles. The Bertz CT molecular complexity index is 709. The van der Waals surface area contributed by atoms with E-state index < -0.39 is 12.1 Å². The van der Waals surface area contributed by atoms with Gasteiger partial charge in [-0.3, -0.25) is 4.79 Å². The van der Waals surface area contributed by atoms with Gasteiger partial charge in [0.05, 0.1) is 12.6 Å². The van der Waals surface area contributed by atoms with Crippen molar-refractivity contribution in [3.63, 3.8) is 0 Å². The van der Waals surface area contributed by atoms with Crippen molar-refractivity contribution in [1.29, 1.82) is 0 Å². The Hall–Kier alpha value is -1.79. The van der Waals surface area contributed by atoms with Gasteiger partial charge in [0.2, 0.25) is 5.91 Å². The Labute approximate surface area is 204 Å². The maximum atomic E-state index is 12.3. The van der Waals surface area contributed by atoms with E-state index in [2.05, 4.69) is 42.5 Å². The third-order valence-corrected chi connectivity index (χ3v) is 6.93. The summed E-state index contributed by atoms with van der Waals surface area (Å²) in [5, 5.41) is 9.88. The molecule has 2 rings (SSSR count). The van der Waals surface area contributed by atoms with Gasteiger partial charge in [0, 0.05) is 18.7 Å². The largest absolute Gasteiger partial charge is 0.464 e. The number of unbranched alkanes of at least 4 members (excludes halogenated alkanes) is 4. The molecule has 1 fully saturated rings. The van der Waals surface area contributed by atoms with Gasteiger partial charge in [0.1, 0.15) is 0 Å². The molecule has 1 N–H and O–H groups in total. The van der Waals surface area contributed by atoms with Gasteiger partial charge in [-0.2, -0.15) is 11.8 Å². The number of aryl methyl sites for hydroxylation is 1. The van der Waals surface area contributed by atoms with Crippen LogP contribution in [0.25, 0.3) is 0 Å². The van der Waals surface area contributed by atoms with Gasteiger partial charge < -0.3 is 14.7 Å². The number of benzene rings is 1. The number of hydrogen-bond acceptors (Lipinski definition) is 5. The van der Waals surface area contributed by atoms with E-state index in [-0.39, 0.29) is 11.9 Å². The molecule has 184 valence electrons. The van der Waals surface area contributed by atoms with E-state index in [1.165, 1.54) is 24.8 Å². The number of aliphatic hydroxyl groups is 1. The number of allylic oxidation sites excluding steroid dienone is 1. The second-order valence-corrected chi connectivity index (χ2v) is 9.87. The number of esters is 1. The van der Waals surface area contributed by atoms with Crippen molar-refractivity contribution in [2.75, 3.05) is 24.7 Å². The van der Waals surface area contributed by atoms with Crippen LogP contribution in [0.4, 0.5) is 0 Å². The number of rotatable bonds is 17. The first-order valence-electron chi connectivity index (χ1n) is 12.5. The van der Waals surface area contributed by atoms with Gasteiger partial charge >= 0.3 is 5.97 Å². The van der Waals surface area contributed by atoms with Crippen molar-refractivity contribution < 1.29 is 19.4 Å². The van der Waals surface area contributed by atoms with Crippen molar-refractivity contribution >= 4 is 23.6 Å². The zero-order chi connectivity index (χ0) is 23.7. The maximum absolute atomic E-state index is 12.3. The molecular formula is C27H41NO4S. The molecule has 2 atom stereocenters. The Balaban J connectivity index is 1.55. The molecule has 33 heavy (non-hydrogen) atoms. The highest BCUT2D eigenvalue weighted by molar-refractivity contribution is 7.99. The topological polar surface area (TPSA) is 66.8 Å². The van der Waals surface area contributed by atoms with E-state index in [9.17, 15) is 14.7 Å². The number of likely N-dealkylation sites (tertiary alicyclic amines) is 1. The molecule has 0 bridgehead atoms. The summed E-state index contributed by atoms with van der Waals surface area (Å²) in [6.07, 6.45) is 12.9. The third-order valence-electron chi connectivity index (χ3n) is 5.94. The van der Waals surface area contributed by atoms with Gasteiger partial charge in [0.15, 0.2) is 6.10 Å². The van der Waals surface area contributed by atoms with E-state index in [4.69, 9.17) is 4.74 Å². The van der Waals surface area contributed by atoms with Gasteiger partial charge in [0.25, 0.3) is 0 Å². The molecule has 1 aromatic rings. The number of carbonyl (C=O) groups excluding carboxylic acids is 2. The standard InChI is InChI=1S/C27H41NO4S/c1-2-3-20-32-27(31)25(29)18-21-33-22-19-28-24(16-17-26(28)30)15-11-6-4-5-8-12-23-13-9-7-10-14-23/h7,9-11,13-15,24-25,29H,2-6,8,12,16-22H2,1H3/t24-,25?/m0/s1. The molecule has 0 spiro atoms. The van der Waals surface area contributed by atoms with E-state index >= 15 is 0 Å². The van der Waals surface area contributed by atoms with Crippen LogP contribution in [0.2, 0.25) is 0 Å². The molecule has 5 nitrogen and oxygen atoms in total. The number of amides is 1. The predicted molar refractivity (Wildman–Crippen MR) is 136 cm³/mol. The first-order valence-corrected chi connectivity index (χ1v) is 13.7. The summed E-state index contributed by atoms with van der Waals surface area (Å²) in [6.45, 7) is 3.12. The van der Waals surface area contributed by atoms with Crippen LogP contribution in [-0.2, 0) is 20.7 Å². The predicted octanol–water partition coefficient (Wildman–Crippen LogP) is 5.16. The number of carbonyl (C=O) groups is 2. The molecule has 0 aliphatic carbocycles. The van der Waals surface area contributed by atoms with Gasteiger partial charge in [-0.1, -0.05) is 62.2 Å². The third kappa shape index (κ3) is 11.3. The summed E-state index contributed by atoms with van der Waals surface area (Å²) in [4.78, 5) is 25.9. The highest BCUT2D eigenvalue weighted by Crippen LogP contribution is 2.21. The molecule has 0 aromatic heterocycles. The van der Waals surface area contributed by atoms with E-state index in [1.54, 1.807) is 11.8 Å². The second kappa shape index (κ2) is 16.8. The van der Waals surface area contributed by atoms with Crippen LogP contribution in [0, 0.1) is 0 Å². The average molecular weight is 476 g/mol. The van der Waals surface area contributed by atoms with Crippen molar-refractivity contribution in [3.8, 4) is 0 Å². The summed E-state index contributed by atoms with van der Waals surface area (Å²) < 4.78 is 5.04. The van der Waals surface area contributed by atoms with Crippen LogP contribution in [0.1, 0.15) is 70.3 Å². The zero-order valence-corrected chi connectivity index (χ0v) is 20.9. The molecule has 1 aliphatic rings. The Kier molecular flexibility index (Phi) is 13.9. The summed E-state index contributed by atoms with van der Waals surface area (Å²) >= 11 is 1.67. The molecule has 6 heteroatoms. The van der Waals surface area contributed by atoms with Gasteiger partial charge in [-0.15, -0.1) is 0 Å². The molecule has 1 aliphatic heterocycles. The zero-order valence-electron chi connectivity index (χ0n) is 20.1. The van der Waals surface area contributed by atoms with Crippen molar-refractivity contribution in [1.82, 2.24) is 4.90 Å². The molecule has 0 saturated carbocycles. The van der Waals surface area contributed by atoms with Crippen LogP contribution < -0.4 is 0 Å². The minimum Gasteiger partial charge on any atom is -0.464 e. The monoisotopic (exact) mass is 475 g/mol. The molecule has 1 saturated heterocycles. The van der Waals surface area contributed by atoms with E-state index in [1.807, 2.05) is 11.8 Å². The van der Waals surface area contributed by atoms with Crippen molar-refractivity contribution in [2.24, 2.45) is 0 Å². The van der Waals surface area contributed by atoms with Crippen LogP contribution in [0.15, 0.2) is 42.5 Å². The highest BCUT2D eigenvalue weighted by Gasteiger charge is 2.28. The van der Waals surface area contributed by atoms with Gasteiger partial charge in [-0.05, 0) is 56.3 Å². The fraction of sp³-hybridized carbons (Fsp3) is 0.630. The minimum atomic E-state index is -1.05. The lowest BCUT2D eigenvalue weighted by Crippen LogP contribution is -2.33. The van der Waals surface area contributed by atoms with Crippen molar-refractivity contribution in [3.05, 3.63) is 48.0 Å². The molecule has 0 radical (unpaired) electrons. The Morgan fingerprint density at radius 3 is 2.82 bits per heavy atom. The number of thioether (sulfide) groups is 1. The highest BCUT2D eigenvalue weighted by atomic mass is 32.2. The number of hydrogen-bond donors (Lipinski definition) is 1. The SMILES string of the molecule is CCCCOC(=O)C(O)CCSCCN1C(=O)CC[C@@H]1C=CCCCCCc1ccccc1. The lowest BCUT2D eigenvalue weighted by Gasteiger charge is -2.22. The fourth-order valence-corrected chi connectivity index (χ4v) is 4.82. The summed E-state index contributed by atoms with van der Waals surface area (Å²) in [5.41, 5.74) is 1.41.